The maximum atomic E-state index is 13.5. The summed E-state index contributed by atoms with van der Waals surface area (Å²) in [7, 11) is 0. The van der Waals surface area contributed by atoms with Crippen LogP contribution in [0.25, 0.3) is 33.0 Å². The van der Waals surface area contributed by atoms with E-state index in [1.807, 2.05) is 79.1 Å². The fraction of sp³-hybridized carbons (Fsp3) is 0.156. The Balaban J connectivity index is 1.16. The lowest BCUT2D eigenvalue weighted by atomic mass is 9.80. The molecule has 0 amide bonds. The molecule has 0 N–H and O–H groups in total. The Hall–Kier alpha value is -6.02. The first-order valence-electron chi connectivity index (χ1n) is 17.7. The first-order chi connectivity index (χ1) is 25.6. The number of hydrogen-bond donors (Lipinski definition) is 0. The molecule has 4 heterocycles. The van der Waals surface area contributed by atoms with Gasteiger partial charge in [0.2, 0.25) is 0 Å². The molecule has 256 valence electrons. The van der Waals surface area contributed by atoms with Crippen LogP contribution in [0.15, 0.2) is 152 Å². The van der Waals surface area contributed by atoms with Crippen molar-refractivity contribution in [3.05, 3.63) is 180 Å². The highest BCUT2D eigenvalue weighted by atomic mass is 16.6. The van der Waals surface area contributed by atoms with Gasteiger partial charge in [-0.1, -0.05) is 127 Å². The quantitative estimate of drug-likeness (QED) is 0.100. The van der Waals surface area contributed by atoms with E-state index in [2.05, 4.69) is 81.9 Å². The summed E-state index contributed by atoms with van der Waals surface area (Å²) < 4.78 is 23.6. The van der Waals surface area contributed by atoms with Gasteiger partial charge >= 0.3 is 11.9 Å². The predicted molar refractivity (Wildman–Crippen MR) is 201 cm³/mol. The van der Waals surface area contributed by atoms with Crippen LogP contribution in [0.1, 0.15) is 34.2 Å². The minimum absolute atomic E-state index is 0.280. The summed E-state index contributed by atoms with van der Waals surface area (Å²) in [5, 5.41) is 1.75. The minimum Gasteiger partial charge on any atom is -0.386 e. The Morgan fingerprint density at radius 1 is 0.577 bits per heavy atom. The number of esters is 2. The highest BCUT2D eigenvalue weighted by Crippen LogP contribution is 2.42. The van der Waals surface area contributed by atoms with E-state index in [-0.39, 0.29) is 6.10 Å². The molecule has 4 bridgehead atoms. The van der Waals surface area contributed by atoms with Crippen LogP contribution in [0.5, 0.6) is 0 Å². The Labute approximate surface area is 301 Å². The number of carbonyl (C=O) groups excluding carboxylic acids is 2. The first-order valence-corrected chi connectivity index (χ1v) is 17.7. The summed E-state index contributed by atoms with van der Waals surface area (Å²) in [5.41, 5.74) is 6.06. The van der Waals surface area contributed by atoms with Crippen molar-refractivity contribution in [2.45, 2.75) is 31.2 Å². The van der Waals surface area contributed by atoms with E-state index >= 15 is 0 Å². The smallest absolute Gasteiger partial charge is 0.347 e. The fourth-order valence-corrected chi connectivity index (χ4v) is 7.94. The van der Waals surface area contributed by atoms with Crippen LogP contribution in [-0.4, -0.2) is 40.4 Å². The molecule has 5 aromatic carbocycles. The lowest BCUT2D eigenvalue weighted by molar-refractivity contribution is -0.149. The zero-order chi connectivity index (χ0) is 35.1. The van der Waals surface area contributed by atoms with Gasteiger partial charge in [-0.05, 0) is 35.2 Å². The van der Waals surface area contributed by atoms with Crippen LogP contribution in [0.3, 0.4) is 0 Å². The van der Waals surface area contributed by atoms with Crippen molar-refractivity contribution in [1.82, 2.24) is 9.13 Å². The monoisotopic (exact) mass is 684 g/mol. The number of aryl methyl sites for hydroxylation is 1. The highest BCUT2D eigenvalue weighted by molar-refractivity contribution is 6.46. The molecule has 1 unspecified atom stereocenters. The molecule has 52 heavy (non-hydrogen) atoms. The molecule has 2 aliphatic heterocycles. The second-order valence-electron chi connectivity index (χ2n) is 13.3. The standard InChI is InChI=1S/C45H36N2O5/c48-43-41-37-28-46(39-22-12-10-20-35(37)39)25-24-34(50-27-26-47-29-38(42(41)44(49)52-43)36-21-11-13-23-40(36)47)30-51-45(31-14-4-1-5-15-31,32-16-6-2-7-17-32)33-18-8-3-9-19-33/h1-23,28-29,34H,24-27,30H2. The van der Waals surface area contributed by atoms with Crippen molar-refractivity contribution in [3.8, 4) is 0 Å². The van der Waals surface area contributed by atoms with E-state index in [9.17, 15) is 9.59 Å². The van der Waals surface area contributed by atoms with Gasteiger partial charge in [0.15, 0.2) is 0 Å². The molecule has 7 nitrogen and oxygen atoms in total. The molecule has 7 aromatic rings. The van der Waals surface area contributed by atoms with Crippen molar-refractivity contribution in [2.75, 3.05) is 13.2 Å². The molecule has 0 radical (unpaired) electrons. The van der Waals surface area contributed by atoms with Crippen LogP contribution in [-0.2, 0) is 42.5 Å². The average Bonchev–Trinajstić information content (AvgIpc) is 3.84. The van der Waals surface area contributed by atoms with Crippen molar-refractivity contribution >= 4 is 44.9 Å². The van der Waals surface area contributed by atoms with Crippen molar-refractivity contribution < 1.29 is 23.8 Å². The predicted octanol–water partition coefficient (Wildman–Crippen LogP) is 8.39. The largest absolute Gasteiger partial charge is 0.386 e. The van der Waals surface area contributed by atoms with E-state index in [1.165, 1.54) is 0 Å². The van der Waals surface area contributed by atoms with E-state index in [0.29, 0.717) is 55.0 Å². The number of benzene rings is 5. The number of hydrogen-bond acceptors (Lipinski definition) is 5. The Morgan fingerprint density at radius 3 is 1.52 bits per heavy atom. The van der Waals surface area contributed by atoms with Crippen LogP contribution in [0, 0.1) is 0 Å². The fourth-order valence-electron chi connectivity index (χ4n) is 7.94. The maximum Gasteiger partial charge on any atom is 0.347 e. The van der Waals surface area contributed by atoms with Crippen LogP contribution in [0.2, 0.25) is 0 Å². The number of aromatic nitrogens is 2. The number of nitrogens with zero attached hydrogens (tertiary/aromatic N) is 2. The number of rotatable bonds is 6. The molecule has 7 heteroatoms. The Bertz CT molecular complexity index is 2360. The molecule has 0 saturated carbocycles. The zero-order valence-corrected chi connectivity index (χ0v) is 28.5. The van der Waals surface area contributed by atoms with Gasteiger partial charge in [0, 0.05) is 58.4 Å². The Kier molecular flexibility index (Phi) is 8.15. The van der Waals surface area contributed by atoms with E-state index in [0.717, 1.165) is 38.5 Å². The van der Waals surface area contributed by atoms with Gasteiger partial charge in [-0.15, -0.1) is 0 Å². The van der Waals surface area contributed by atoms with E-state index < -0.39 is 17.5 Å². The number of carbonyl (C=O) groups is 2. The van der Waals surface area contributed by atoms with Gasteiger partial charge in [0.05, 0.1) is 30.5 Å². The lowest BCUT2D eigenvalue weighted by Gasteiger charge is -2.37. The summed E-state index contributed by atoms with van der Waals surface area (Å²) in [6.07, 6.45) is 4.28. The third-order valence-corrected chi connectivity index (χ3v) is 10.4. The van der Waals surface area contributed by atoms with E-state index in [4.69, 9.17) is 14.2 Å². The van der Waals surface area contributed by atoms with Crippen molar-refractivity contribution in [3.63, 3.8) is 0 Å². The highest BCUT2D eigenvalue weighted by Gasteiger charge is 2.40. The number of para-hydroxylation sites is 2. The first kappa shape index (κ1) is 31.9. The number of fused-ring (bicyclic) bond motifs is 12. The summed E-state index contributed by atoms with van der Waals surface area (Å²) >= 11 is 0. The second kappa shape index (κ2) is 13.3. The molecule has 1 atom stereocenters. The van der Waals surface area contributed by atoms with E-state index in [1.54, 1.807) is 0 Å². The Morgan fingerprint density at radius 2 is 1.02 bits per heavy atom. The molecular weight excluding hydrogens is 649 g/mol. The number of cyclic esters (lactones) is 2. The summed E-state index contributed by atoms with van der Waals surface area (Å²) in [6.45, 7) is 1.87. The number of ether oxygens (including phenoxy) is 3. The summed E-state index contributed by atoms with van der Waals surface area (Å²) in [5.74, 6) is -1.25. The average molecular weight is 685 g/mol. The molecule has 0 spiro atoms. The summed E-state index contributed by atoms with van der Waals surface area (Å²) in [4.78, 5) is 26.9. The zero-order valence-electron chi connectivity index (χ0n) is 28.5. The van der Waals surface area contributed by atoms with Gasteiger partial charge < -0.3 is 23.3 Å². The van der Waals surface area contributed by atoms with Gasteiger partial charge in [0.1, 0.15) is 5.60 Å². The molecule has 2 aromatic heterocycles. The summed E-state index contributed by atoms with van der Waals surface area (Å²) in [6, 6.07) is 47.0. The van der Waals surface area contributed by atoms with Crippen molar-refractivity contribution in [1.29, 1.82) is 0 Å². The maximum absolute atomic E-state index is 13.5. The van der Waals surface area contributed by atoms with Crippen LogP contribution >= 0.6 is 0 Å². The molecule has 0 saturated heterocycles. The van der Waals surface area contributed by atoms with Crippen molar-refractivity contribution in [2.24, 2.45) is 0 Å². The normalized spacial score (nSPS) is 16.6. The van der Waals surface area contributed by atoms with Gasteiger partial charge in [0.25, 0.3) is 0 Å². The third kappa shape index (κ3) is 5.37. The van der Waals surface area contributed by atoms with Gasteiger partial charge in [-0.2, -0.15) is 0 Å². The van der Waals surface area contributed by atoms with Crippen LogP contribution < -0.4 is 0 Å². The second-order valence-corrected chi connectivity index (χ2v) is 13.3. The minimum atomic E-state index is -0.886. The SMILES string of the molecule is O=C1OC(=O)C2=C1c1cn(c3ccccc13)CCOC(COC(c1ccccc1)(c1ccccc1)c1ccccc1)CCn1cc2c2ccccc21. The molecular formula is C45H36N2O5. The molecule has 0 aliphatic carbocycles. The topological polar surface area (TPSA) is 71.7 Å². The molecule has 9 rings (SSSR count). The molecule has 2 aliphatic rings. The van der Waals surface area contributed by atoms with Gasteiger partial charge in [-0.25, -0.2) is 9.59 Å². The molecule has 0 fully saturated rings. The third-order valence-electron chi connectivity index (χ3n) is 10.4. The van der Waals surface area contributed by atoms with Crippen LogP contribution in [0.4, 0.5) is 0 Å². The van der Waals surface area contributed by atoms with Gasteiger partial charge in [-0.3, -0.25) is 0 Å². The lowest BCUT2D eigenvalue weighted by Crippen LogP contribution is -2.37.